The Morgan fingerprint density at radius 1 is 1.38 bits per heavy atom. The largest absolute Gasteiger partial charge is 0.310 e. The van der Waals surface area contributed by atoms with Gasteiger partial charge in [-0.1, -0.05) is 34.1 Å². The summed E-state index contributed by atoms with van der Waals surface area (Å²) in [5.74, 6) is 0. The van der Waals surface area contributed by atoms with E-state index in [0.29, 0.717) is 6.04 Å². The summed E-state index contributed by atoms with van der Waals surface area (Å²) in [5.41, 5.74) is 0. The van der Waals surface area contributed by atoms with Crippen molar-refractivity contribution in [3.05, 3.63) is 0 Å². The molecule has 0 aromatic heterocycles. The van der Waals surface area contributed by atoms with Crippen molar-refractivity contribution < 1.29 is 0 Å². The second-order valence-electron chi connectivity index (χ2n) is 4.28. The molecule has 0 radical (unpaired) electrons. The second-order valence-corrected chi connectivity index (χ2v) is 4.28. The van der Waals surface area contributed by atoms with Gasteiger partial charge in [-0.3, -0.25) is 0 Å². The van der Waals surface area contributed by atoms with E-state index in [4.69, 9.17) is 0 Å². The van der Waals surface area contributed by atoms with Crippen molar-refractivity contribution in [2.24, 2.45) is 0 Å². The maximum absolute atomic E-state index is 3.53. The zero-order valence-electron chi connectivity index (χ0n) is 9.93. The predicted molar refractivity (Wildman–Crippen MR) is 60.1 cm³/mol. The van der Waals surface area contributed by atoms with Gasteiger partial charge in [0.1, 0.15) is 0 Å². The van der Waals surface area contributed by atoms with E-state index in [1.807, 2.05) is 0 Å². The van der Waals surface area contributed by atoms with Crippen molar-refractivity contribution in [1.29, 1.82) is 0 Å². The highest BCUT2D eigenvalue weighted by Crippen LogP contribution is 2.06. The molecule has 80 valence electrons. The van der Waals surface area contributed by atoms with Gasteiger partial charge >= 0.3 is 0 Å². The Balaban J connectivity index is 0.000000424. The molecule has 13 heavy (non-hydrogen) atoms. The summed E-state index contributed by atoms with van der Waals surface area (Å²) in [5, 5.41) is 3.53. The van der Waals surface area contributed by atoms with Crippen LogP contribution in [0.25, 0.3) is 0 Å². The van der Waals surface area contributed by atoms with Crippen LogP contribution in [0.1, 0.15) is 40.5 Å². The van der Waals surface area contributed by atoms with Crippen molar-refractivity contribution in [3.8, 4) is 0 Å². The molecule has 0 saturated carbocycles. The van der Waals surface area contributed by atoms with Crippen LogP contribution in [0.2, 0.25) is 0 Å². The Kier molecular flexibility index (Phi) is 7.29. The summed E-state index contributed by atoms with van der Waals surface area (Å²) in [4.78, 5) is 2.38. The third kappa shape index (κ3) is 7.03. The van der Waals surface area contributed by atoms with E-state index in [1.165, 1.54) is 25.9 Å². The first kappa shape index (κ1) is 12.9. The van der Waals surface area contributed by atoms with Crippen LogP contribution in [0.5, 0.6) is 0 Å². The zero-order valence-corrected chi connectivity index (χ0v) is 9.93. The van der Waals surface area contributed by atoms with E-state index in [1.54, 1.807) is 0 Å². The van der Waals surface area contributed by atoms with E-state index >= 15 is 0 Å². The molecule has 1 aliphatic heterocycles. The number of likely N-dealkylation sites (N-methyl/N-ethyl adjacent to an activating group) is 1. The van der Waals surface area contributed by atoms with Gasteiger partial charge in [-0.05, 0) is 20.0 Å². The highest BCUT2D eigenvalue weighted by Gasteiger charge is 2.18. The fraction of sp³-hybridized carbons (Fsp3) is 1.00. The molecule has 1 N–H and O–H groups in total. The summed E-state index contributed by atoms with van der Waals surface area (Å²) in [6.07, 6.45) is 2.56. The average molecular weight is 186 g/mol. The van der Waals surface area contributed by atoms with Crippen molar-refractivity contribution in [3.63, 3.8) is 0 Å². The van der Waals surface area contributed by atoms with Gasteiger partial charge in [0.2, 0.25) is 0 Å². The smallest absolute Gasteiger partial charge is 0.0209 e. The molecule has 0 spiro atoms. The van der Waals surface area contributed by atoms with Gasteiger partial charge in [0.05, 0.1) is 0 Å². The number of rotatable bonds is 2. The molecule has 2 nitrogen and oxygen atoms in total. The van der Waals surface area contributed by atoms with Gasteiger partial charge in [0.25, 0.3) is 0 Å². The number of hydrogen-bond acceptors (Lipinski definition) is 2. The summed E-state index contributed by atoms with van der Waals surface area (Å²) in [6, 6.07) is 1.38. The first-order chi connectivity index (χ1) is 6.10. The number of nitrogens with one attached hydrogen (secondary N) is 1. The van der Waals surface area contributed by atoms with Gasteiger partial charge in [-0.25, -0.2) is 0 Å². The van der Waals surface area contributed by atoms with Crippen LogP contribution in [0.4, 0.5) is 0 Å². The summed E-state index contributed by atoms with van der Waals surface area (Å²) >= 11 is 0. The van der Waals surface area contributed by atoms with E-state index in [0.717, 1.165) is 6.04 Å². The normalized spacial score (nSPS) is 23.1. The molecular formula is C11H26N2. The lowest BCUT2D eigenvalue weighted by Gasteiger charge is -2.15. The molecule has 0 bridgehead atoms. The number of hydrogen-bond donors (Lipinski definition) is 1. The van der Waals surface area contributed by atoms with Crippen LogP contribution in [0, 0.1) is 0 Å². The third-order valence-electron chi connectivity index (χ3n) is 1.96. The monoisotopic (exact) mass is 186 g/mol. The minimum absolute atomic E-state index is 0.636. The summed E-state index contributed by atoms with van der Waals surface area (Å²) < 4.78 is 0. The lowest BCUT2D eigenvalue weighted by molar-refractivity contribution is 0.389. The summed E-state index contributed by atoms with van der Waals surface area (Å²) in [7, 11) is 2.18. The van der Waals surface area contributed by atoms with E-state index < -0.39 is 0 Å². The van der Waals surface area contributed by atoms with Crippen LogP contribution in [0.15, 0.2) is 0 Å². The van der Waals surface area contributed by atoms with Crippen LogP contribution < -0.4 is 5.32 Å². The van der Waals surface area contributed by atoms with E-state index in [9.17, 15) is 0 Å². The lowest BCUT2D eigenvalue weighted by atomic mass is 10.2. The minimum Gasteiger partial charge on any atom is -0.310 e. The topological polar surface area (TPSA) is 15.3 Å². The molecule has 1 fully saturated rings. The summed E-state index contributed by atoms with van der Waals surface area (Å²) in [6.45, 7) is 11.1. The fourth-order valence-corrected chi connectivity index (χ4v) is 1.54. The predicted octanol–water partition coefficient (Wildman–Crippen LogP) is 2.10. The van der Waals surface area contributed by atoms with Gasteiger partial charge in [0, 0.05) is 18.6 Å². The van der Waals surface area contributed by atoms with E-state index in [2.05, 4.69) is 45.0 Å². The van der Waals surface area contributed by atoms with Crippen molar-refractivity contribution in [1.82, 2.24) is 10.2 Å². The molecular weight excluding hydrogens is 160 g/mol. The molecule has 0 aromatic rings. The second kappa shape index (κ2) is 7.34. The van der Waals surface area contributed by atoms with Crippen LogP contribution in [-0.4, -0.2) is 37.1 Å². The standard InChI is InChI=1S/C8H18N2.C3H8/c1-7(2)9-8-4-5-10(3)6-8;1-3-2/h7-9H,4-6H2,1-3H3;3H2,1-2H3/t8-;/m0./s1. The number of nitrogens with zero attached hydrogens (tertiary/aromatic N) is 1. The van der Waals surface area contributed by atoms with Crippen LogP contribution in [-0.2, 0) is 0 Å². The molecule has 0 amide bonds. The van der Waals surface area contributed by atoms with Crippen molar-refractivity contribution >= 4 is 0 Å². The zero-order chi connectivity index (χ0) is 10.3. The van der Waals surface area contributed by atoms with Gasteiger partial charge in [-0.2, -0.15) is 0 Å². The molecule has 1 rings (SSSR count). The molecule has 0 aromatic carbocycles. The molecule has 1 aliphatic rings. The molecule has 1 heterocycles. The molecule has 0 unspecified atom stereocenters. The molecule has 2 heteroatoms. The Morgan fingerprint density at radius 3 is 2.23 bits per heavy atom. The quantitative estimate of drug-likeness (QED) is 0.710. The van der Waals surface area contributed by atoms with Gasteiger partial charge in [0.15, 0.2) is 0 Å². The number of likely N-dealkylation sites (tertiary alicyclic amines) is 1. The van der Waals surface area contributed by atoms with Crippen LogP contribution >= 0.6 is 0 Å². The first-order valence-electron chi connectivity index (χ1n) is 5.54. The average Bonchev–Trinajstić information content (AvgIpc) is 2.35. The Hall–Kier alpha value is -0.0800. The SMILES string of the molecule is CC(C)N[C@H]1CCN(C)C1.CCC. The highest BCUT2D eigenvalue weighted by atomic mass is 15.2. The van der Waals surface area contributed by atoms with Gasteiger partial charge < -0.3 is 10.2 Å². The third-order valence-corrected chi connectivity index (χ3v) is 1.96. The van der Waals surface area contributed by atoms with E-state index in [-0.39, 0.29) is 0 Å². The molecule has 1 saturated heterocycles. The van der Waals surface area contributed by atoms with Crippen LogP contribution in [0.3, 0.4) is 0 Å². The lowest BCUT2D eigenvalue weighted by Crippen LogP contribution is -2.36. The Bertz CT molecular complexity index is 113. The maximum atomic E-state index is 3.53. The highest BCUT2D eigenvalue weighted by molar-refractivity contribution is 4.79. The fourth-order valence-electron chi connectivity index (χ4n) is 1.54. The maximum Gasteiger partial charge on any atom is 0.0209 e. The molecule has 1 atom stereocenters. The Morgan fingerprint density at radius 2 is 1.92 bits per heavy atom. The first-order valence-corrected chi connectivity index (χ1v) is 5.54. The minimum atomic E-state index is 0.636. The van der Waals surface area contributed by atoms with Crippen molar-refractivity contribution in [2.45, 2.75) is 52.6 Å². The van der Waals surface area contributed by atoms with Gasteiger partial charge in [-0.15, -0.1) is 0 Å². The molecule has 0 aliphatic carbocycles. The van der Waals surface area contributed by atoms with Crippen molar-refractivity contribution in [2.75, 3.05) is 20.1 Å². The Labute approximate surface area is 83.7 Å².